The highest BCUT2D eigenvalue weighted by molar-refractivity contribution is 5.70. The Morgan fingerprint density at radius 2 is 2.33 bits per heavy atom. The summed E-state index contributed by atoms with van der Waals surface area (Å²) in [4.78, 5) is 15.2. The summed E-state index contributed by atoms with van der Waals surface area (Å²) in [7, 11) is 0. The minimum atomic E-state index is -0.654. The number of nitrogens with zero attached hydrogens (tertiary/aromatic N) is 1. The van der Waals surface area contributed by atoms with E-state index in [1.807, 2.05) is 19.2 Å². The van der Waals surface area contributed by atoms with Crippen LogP contribution in [-0.2, 0) is 11.3 Å². The number of rotatable bonds is 4. The van der Waals surface area contributed by atoms with Gasteiger partial charge in [-0.05, 0) is 37.8 Å². The summed E-state index contributed by atoms with van der Waals surface area (Å²) >= 11 is 0. The van der Waals surface area contributed by atoms with Crippen molar-refractivity contribution in [2.45, 2.75) is 45.2 Å². The first-order chi connectivity index (χ1) is 8.65. The molecule has 2 unspecified atom stereocenters. The van der Waals surface area contributed by atoms with E-state index in [1.54, 1.807) is 0 Å². The largest absolute Gasteiger partial charge is 0.481 e. The Hall–Kier alpha value is -1.42. The van der Waals surface area contributed by atoms with E-state index in [-0.39, 0.29) is 5.92 Å². The van der Waals surface area contributed by atoms with Crippen LogP contribution in [0.2, 0.25) is 0 Å². The second-order valence-corrected chi connectivity index (χ2v) is 5.09. The van der Waals surface area contributed by atoms with Gasteiger partial charge in [0.05, 0.1) is 5.92 Å². The molecule has 0 aliphatic heterocycles. The molecule has 0 radical (unpaired) electrons. The van der Waals surface area contributed by atoms with Gasteiger partial charge < -0.3 is 10.4 Å². The van der Waals surface area contributed by atoms with Crippen LogP contribution in [0.25, 0.3) is 0 Å². The summed E-state index contributed by atoms with van der Waals surface area (Å²) < 4.78 is 0. The molecule has 98 valence electrons. The third-order valence-electron chi connectivity index (χ3n) is 3.59. The van der Waals surface area contributed by atoms with Gasteiger partial charge in [-0.15, -0.1) is 0 Å². The lowest BCUT2D eigenvalue weighted by Crippen LogP contribution is -2.36. The lowest BCUT2D eigenvalue weighted by Gasteiger charge is -2.27. The van der Waals surface area contributed by atoms with Crippen LogP contribution in [0, 0.1) is 12.8 Å². The normalized spacial score (nSPS) is 23.8. The van der Waals surface area contributed by atoms with E-state index in [2.05, 4.69) is 16.4 Å². The predicted molar refractivity (Wildman–Crippen MR) is 69.2 cm³/mol. The molecule has 4 nitrogen and oxygen atoms in total. The van der Waals surface area contributed by atoms with Crippen LogP contribution >= 0.6 is 0 Å². The van der Waals surface area contributed by atoms with Crippen molar-refractivity contribution in [2.75, 3.05) is 0 Å². The number of aliphatic carboxylic acids is 1. The molecule has 0 bridgehead atoms. The molecule has 0 aromatic carbocycles. The van der Waals surface area contributed by atoms with Crippen LogP contribution < -0.4 is 5.32 Å². The molecule has 1 aromatic heterocycles. The average molecular weight is 248 g/mol. The molecule has 1 heterocycles. The van der Waals surface area contributed by atoms with Crippen molar-refractivity contribution >= 4 is 5.97 Å². The number of aromatic nitrogens is 1. The lowest BCUT2D eigenvalue weighted by molar-refractivity contribution is -0.143. The van der Waals surface area contributed by atoms with Gasteiger partial charge >= 0.3 is 5.97 Å². The highest BCUT2D eigenvalue weighted by atomic mass is 16.4. The van der Waals surface area contributed by atoms with Crippen molar-refractivity contribution in [3.8, 4) is 0 Å². The molecule has 1 fully saturated rings. The van der Waals surface area contributed by atoms with Crippen molar-refractivity contribution in [1.82, 2.24) is 10.3 Å². The van der Waals surface area contributed by atoms with E-state index in [9.17, 15) is 4.79 Å². The van der Waals surface area contributed by atoms with Gasteiger partial charge in [-0.2, -0.15) is 0 Å². The van der Waals surface area contributed by atoms with Crippen LogP contribution in [-0.4, -0.2) is 22.1 Å². The van der Waals surface area contributed by atoms with Gasteiger partial charge in [-0.25, -0.2) is 0 Å². The Bertz CT molecular complexity index is 403. The second kappa shape index (κ2) is 5.96. The molecule has 0 amide bonds. The molecule has 1 aromatic rings. The summed E-state index contributed by atoms with van der Waals surface area (Å²) in [6.07, 6.45) is 5.51. The molecule has 0 saturated heterocycles. The number of nitrogens with one attached hydrogen (secondary N) is 1. The van der Waals surface area contributed by atoms with Crippen molar-refractivity contribution in [2.24, 2.45) is 5.92 Å². The number of pyridine rings is 1. The summed E-state index contributed by atoms with van der Waals surface area (Å²) in [6.45, 7) is 2.74. The zero-order chi connectivity index (χ0) is 13.0. The van der Waals surface area contributed by atoms with Gasteiger partial charge in [0, 0.05) is 24.5 Å². The molecule has 18 heavy (non-hydrogen) atoms. The van der Waals surface area contributed by atoms with E-state index in [0.29, 0.717) is 6.04 Å². The van der Waals surface area contributed by atoms with E-state index in [4.69, 9.17) is 5.11 Å². The Morgan fingerprint density at radius 1 is 1.50 bits per heavy atom. The Labute approximate surface area is 107 Å². The standard InChI is InChI=1S/C14H20N2O2/c1-10-5-6-11(8-15-10)9-16-13-4-2-3-12(7-13)14(17)18/h5-6,8,12-13,16H,2-4,7,9H2,1H3,(H,17,18). The van der Waals surface area contributed by atoms with E-state index >= 15 is 0 Å². The number of hydrogen-bond acceptors (Lipinski definition) is 3. The first kappa shape index (κ1) is 13.0. The van der Waals surface area contributed by atoms with E-state index < -0.39 is 5.97 Å². The van der Waals surface area contributed by atoms with E-state index in [0.717, 1.165) is 43.5 Å². The molecule has 0 spiro atoms. The topological polar surface area (TPSA) is 62.2 Å². The highest BCUT2D eigenvalue weighted by Crippen LogP contribution is 2.24. The van der Waals surface area contributed by atoms with Gasteiger partial charge in [-0.1, -0.05) is 12.5 Å². The minimum absolute atomic E-state index is 0.174. The molecule has 2 N–H and O–H groups in total. The third kappa shape index (κ3) is 3.53. The van der Waals surface area contributed by atoms with Gasteiger partial charge in [0.2, 0.25) is 0 Å². The summed E-state index contributed by atoms with van der Waals surface area (Å²) in [5.41, 5.74) is 2.17. The molecule has 1 aliphatic carbocycles. The lowest BCUT2D eigenvalue weighted by atomic mass is 9.86. The fourth-order valence-corrected chi connectivity index (χ4v) is 2.46. The number of carbonyl (C=O) groups is 1. The summed E-state index contributed by atoms with van der Waals surface area (Å²) in [5.74, 6) is -0.828. The fraction of sp³-hybridized carbons (Fsp3) is 0.571. The molecule has 2 atom stereocenters. The number of hydrogen-bond donors (Lipinski definition) is 2. The number of carboxylic acid groups (broad SMARTS) is 1. The van der Waals surface area contributed by atoms with Crippen LogP contribution in [0.5, 0.6) is 0 Å². The minimum Gasteiger partial charge on any atom is -0.481 e. The van der Waals surface area contributed by atoms with Crippen molar-refractivity contribution in [1.29, 1.82) is 0 Å². The third-order valence-corrected chi connectivity index (χ3v) is 3.59. The predicted octanol–water partition coefficient (Wildman–Crippen LogP) is 2.12. The SMILES string of the molecule is Cc1ccc(CNC2CCCC(C(=O)O)C2)cn1. The fourth-order valence-electron chi connectivity index (χ4n) is 2.46. The van der Waals surface area contributed by atoms with Gasteiger partial charge in [0.1, 0.15) is 0 Å². The van der Waals surface area contributed by atoms with Crippen LogP contribution in [0.3, 0.4) is 0 Å². The molecule has 2 rings (SSSR count). The van der Waals surface area contributed by atoms with E-state index in [1.165, 1.54) is 0 Å². The monoisotopic (exact) mass is 248 g/mol. The van der Waals surface area contributed by atoms with Gasteiger partial charge in [0.25, 0.3) is 0 Å². The zero-order valence-electron chi connectivity index (χ0n) is 10.7. The summed E-state index contributed by atoms with van der Waals surface area (Å²) in [5, 5.41) is 12.5. The zero-order valence-corrected chi connectivity index (χ0v) is 10.7. The maximum absolute atomic E-state index is 11.0. The summed E-state index contributed by atoms with van der Waals surface area (Å²) in [6, 6.07) is 4.38. The molecule has 1 aliphatic rings. The number of aryl methyl sites for hydroxylation is 1. The van der Waals surface area contributed by atoms with Crippen molar-refractivity contribution in [3.63, 3.8) is 0 Å². The maximum atomic E-state index is 11.0. The van der Waals surface area contributed by atoms with Crippen molar-refractivity contribution in [3.05, 3.63) is 29.6 Å². The smallest absolute Gasteiger partial charge is 0.306 e. The van der Waals surface area contributed by atoms with Crippen LogP contribution in [0.15, 0.2) is 18.3 Å². The molecular formula is C14H20N2O2. The Balaban J connectivity index is 1.82. The van der Waals surface area contributed by atoms with Crippen LogP contribution in [0.1, 0.15) is 36.9 Å². The van der Waals surface area contributed by atoms with Gasteiger partial charge in [0.15, 0.2) is 0 Å². The van der Waals surface area contributed by atoms with Gasteiger partial charge in [-0.3, -0.25) is 9.78 Å². The first-order valence-electron chi connectivity index (χ1n) is 6.53. The first-order valence-corrected chi connectivity index (χ1v) is 6.53. The van der Waals surface area contributed by atoms with Crippen LogP contribution in [0.4, 0.5) is 0 Å². The molecule has 1 saturated carbocycles. The Kier molecular flexibility index (Phi) is 4.31. The Morgan fingerprint density at radius 3 is 3.00 bits per heavy atom. The van der Waals surface area contributed by atoms with Crippen molar-refractivity contribution < 1.29 is 9.90 Å². The molecule has 4 heteroatoms. The quantitative estimate of drug-likeness (QED) is 0.856. The second-order valence-electron chi connectivity index (χ2n) is 5.09. The molecular weight excluding hydrogens is 228 g/mol. The number of carboxylic acids is 1. The highest BCUT2D eigenvalue weighted by Gasteiger charge is 2.26. The average Bonchev–Trinajstić information content (AvgIpc) is 2.38. The maximum Gasteiger partial charge on any atom is 0.306 e.